The number of likely N-dealkylation sites (tertiary alicyclic amines) is 1. The molecule has 5 nitrogen and oxygen atoms in total. The van der Waals surface area contributed by atoms with E-state index in [0.29, 0.717) is 11.9 Å². The van der Waals surface area contributed by atoms with Gasteiger partial charge in [-0.15, -0.1) is 0 Å². The molecule has 4 N–H and O–H groups in total. The summed E-state index contributed by atoms with van der Waals surface area (Å²) in [4.78, 5) is 6.83. The average Bonchev–Trinajstić information content (AvgIpc) is 2.81. The van der Waals surface area contributed by atoms with Gasteiger partial charge in [0.15, 0.2) is 0 Å². The molecule has 0 saturated carbocycles. The van der Waals surface area contributed by atoms with Gasteiger partial charge in [-0.3, -0.25) is 10.4 Å². The van der Waals surface area contributed by atoms with Crippen LogP contribution >= 0.6 is 0 Å². The average molecular weight is 247 g/mol. The molecule has 0 radical (unpaired) electrons. The molecule has 1 unspecified atom stereocenters. The minimum atomic E-state index is 0.621. The van der Waals surface area contributed by atoms with Crippen molar-refractivity contribution < 1.29 is 0 Å². The highest BCUT2D eigenvalue weighted by molar-refractivity contribution is 5.93. The molecule has 0 bridgehead atoms. The van der Waals surface area contributed by atoms with E-state index in [1.165, 1.54) is 6.42 Å². The zero-order valence-electron chi connectivity index (χ0n) is 10.8. The summed E-state index contributed by atoms with van der Waals surface area (Å²) in [6.45, 7) is 3.09. The molecule has 0 amide bonds. The zero-order chi connectivity index (χ0) is 12.8. The first-order chi connectivity index (χ1) is 8.78. The third-order valence-corrected chi connectivity index (χ3v) is 3.17. The first-order valence-corrected chi connectivity index (χ1v) is 6.29. The Morgan fingerprint density at radius 3 is 2.83 bits per heavy atom. The van der Waals surface area contributed by atoms with E-state index in [9.17, 15) is 0 Å². The molecule has 0 aromatic heterocycles. The Kier molecular flexibility index (Phi) is 4.55. The first kappa shape index (κ1) is 12.9. The zero-order valence-corrected chi connectivity index (χ0v) is 10.8. The summed E-state index contributed by atoms with van der Waals surface area (Å²) in [5, 5.41) is 3.16. The van der Waals surface area contributed by atoms with E-state index in [1.807, 2.05) is 30.3 Å². The number of aliphatic imine (C=N–C) groups is 1. The molecule has 0 aliphatic carbocycles. The Hall–Kier alpha value is -1.59. The summed E-state index contributed by atoms with van der Waals surface area (Å²) >= 11 is 0. The second kappa shape index (κ2) is 6.37. The minimum absolute atomic E-state index is 0.621. The van der Waals surface area contributed by atoms with E-state index >= 15 is 0 Å². The van der Waals surface area contributed by atoms with Crippen LogP contribution in [-0.2, 0) is 0 Å². The number of nitrogens with one attached hydrogen (secondary N) is 2. The van der Waals surface area contributed by atoms with Gasteiger partial charge in [0.1, 0.15) is 0 Å². The number of benzene rings is 1. The summed E-state index contributed by atoms with van der Waals surface area (Å²) in [6, 6.07) is 9.89. The van der Waals surface area contributed by atoms with Gasteiger partial charge in [-0.05, 0) is 38.1 Å². The largest absolute Gasteiger partial charge is 0.325 e. The second-order valence-electron chi connectivity index (χ2n) is 4.74. The van der Waals surface area contributed by atoms with Crippen molar-refractivity contribution in [3.63, 3.8) is 0 Å². The lowest BCUT2D eigenvalue weighted by Crippen LogP contribution is -2.36. The number of rotatable bonds is 3. The van der Waals surface area contributed by atoms with Gasteiger partial charge in [0.25, 0.3) is 0 Å². The van der Waals surface area contributed by atoms with Crippen LogP contribution in [0.2, 0.25) is 0 Å². The fourth-order valence-corrected chi connectivity index (χ4v) is 2.18. The van der Waals surface area contributed by atoms with Gasteiger partial charge in [0, 0.05) is 18.8 Å². The molecule has 1 saturated heterocycles. The van der Waals surface area contributed by atoms with E-state index in [1.54, 1.807) is 0 Å². The first-order valence-electron chi connectivity index (χ1n) is 6.29. The van der Waals surface area contributed by atoms with Crippen molar-refractivity contribution in [3.8, 4) is 0 Å². The molecule has 1 atom stereocenters. The fourth-order valence-electron chi connectivity index (χ4n) is 2.18. The van der Waals surface area contributed by atoms with Crippen molar-refractivity contribution in [2.75, 3.05) is 32.0 Å². The molecule has 0 spiro atoms. The van der Waals surface area contributed by atoms with Gasteiger partial charge >= 0.3 is 0 Å². The van der Waals surface area contributed by atoms with Gasteiger partial charge in [-0.1, -0.05) is 18.2 Å². The topological polar surface area (TPSA) is 65.7 Å². The molecule has 1 aliphatic rings. The number of hydrazine groups is 1. The number of hydrogen-bond acceptors (Lipinski definition) is 3. The van der Waals surface area contributed by atoms with Crippen LogP contribution < -0.4 is 16.6 Å². The lowest BCUT2D eigenvalue weighted by Gasteiger charge is -2.11. The molecule has 1 fully saturated rings. The normalized spacial score (nSPS) is 21.0. The van der Waals surface area contributed by atoms with Crippen LogP contribution in [0.5, 0.6) is 0 Å². The summed E-state index contributed by atoms with van der Waals surface area (Å²) in [7, 11) is 2.15. The number of hydrogen-bond donors (Lipinski definition) is 3. The maximum atomic E-state index is 5.48. The standard InChI is InChI=1S/C13H21N5/c1-18-8-7-11(10-18)9-15-13(17-14)16-12-5-3-2-4-6-12/h2-6,11H,7-10,14H2,1H3,(H2,15,16,17). The molecule has 1 aliphatic heterocycles. The van der Waals surface area contributed by atoms with Gasteiger partial charge in [0.2, 0.25) is 5.96 Å². The van der Waals surface area contributed by atoms with E-state index in [4.69, 9.17) is 5.84 Å². The molecule has 2 rings (SSSR count). The van der Waals surface area contributed by atoms with Crippen LogP contribution in [0.25, 0.3) is 0 Å². The predicted octanol–water partition coefficient (Wildman–Crippen LogP) is 0.870. The number of para-hydroxylation sites is 1. The van der Waals surface area contributed by atoms with Crippen LogP contribution in [0.1, 0.15) is 6.42 Å². The molecule has 1 heterocycles. The number of nitrogens with two attached hydrogens (primary N) is 1. The maximum absolute atomic E-state index is 5.48. The Balaban J connectivity index is 1.88. The molecular weight excluding hydrogens is 226 g/mol. The Bertz CT molecular complexity index is 390. The van der Waals surface area contributed by atoms with Gasteiger partial charge in [-0.2, -0.15) is 0 Å². The second-order valence-corrected chi connectivity index (χ2v) is 4.74. The molecular formula is C13H21N5. The molecule has 1 aromatic carbocycles. The van der Waals surface area contributed by atoms with Crippen LogP contribution in [0.15, 0.2) is 35.3 Å². The minimum Gasteiger partial charge on any atom is -0.325 e. The van der Waals surface area contributed by atoms with Crippen molar-refractivity contribution in [1.82, 2.24) is 10.3 Å². The summed E-state index contributed by atoms with van der Waals surface area (Å²) in [5.74, 6) is 6.74. The van der Waals surface area contributed by atoms with E-state index < -0.39 is 0 Å². The van der Waals surface area contributed by atoms with E-state index in [-0.39, 0.29) is 0 Å². The summed E-state index contributed by atoms with van der Waals surface area (Å²) in [5.41, 5.74) is 3.60. The van der Waals surface area contributed by atoms with Gasteiger partial charge in [-0.25, -0.2) is 5.84 Å². The van der Waals surface area contributed by atoms with Gasteiger partial charge < -0.3 is 10.2 Å². The molecule has 5 heteroatoms. The van der Waals surface area contributed by atoms with E-state index in [0.717, 1.165) is 25.3 Å². The Morgan fingerprint density at radius 1 is 1.44 bits per heavy atom. The molecule has 1 aromatic rings. The number of guanidine groups is 1. The fraction of sp³-hybridized carbons (Fsp3) is 0.462. The summed E-state index contributed by atoms with van der Waals surface area (Å²) in [6.07, 6.45) is 1.21. The van der Waals surface area contributed by atoms with E-state index in [2.05, 4.69) is 27.7 Å². The monoisotopic (exact) mass is 247 g/mol. The van der Waals surface area contributed by atoms with Crippen molar-refractivity contribution in [3.05, 3.63) is 30.3 Å². The SMILES string of the molecule is CN1CCC(CN=C(NN)Nc2ccccc2)C1. The van der Waals surface area contributed by atoms with Crippen molar-refractivity contribution in [2.45, 2.75) is 6.42 Å². The molecule has 18 heavy (non-hydrogen) atoms. The Morgan fingerprint density at radius 2 is 2.22 bits per heavy atom. The lowest BCUT2D eigenvalue weighted by atomic mass is 10.1. The van der Waals surface area contributed by atoms with Crippen LogP contribution in [0, 0.1) is 5.92 Å². The number of nitrogens with zero attached hydrogens (tertiary/aromatic N) is 2. The predicted molar refractivity (Wildman–Crippen MR) is 75.3 cm³/mol. The third-order valence-electron chi connectivity index (χ3n) is 3.17. The summed E-state index contributed by atoms with van der Waals surface area (Å²) < 4.78 is 0. The van der Waals surface area contributed by atoms with Gasteiger partial charge in [0.05, 0.1) is 0 Å². The van der Waals surface area contributed by atoms with Crippen LogP contribution in [0.4, 0.5) is 5.69 Å². The highest BCUT2D eigenvalue weighted by Crippen LogP contribution is 2.14. The maximum Gasteiger partial charge on any atom is 0.210 e. The van der Waals surface area contributed by atoms with Crippen LogP contribution in [0.3, 0.4) is 0 Å². The Labute approximate surface area is 108 Å². The number of anilines is 1. The highest BCUT2D eigenvalue weighted by Gasteiger charge is 2.18. The third kappa shape index (κ3) is 3.72. The van der Waals surface area contributed by atoms with Crippen LogP contribution in [-0.4, -0.2) is 37.5 Å². The lowest BCUT2D eigenvalue weighted by molar-refractivity contribution is 0.397. The smallest absolute Gasteiger partial charge is 0.210 e. The quantitative estimate of drug-likeness (QED) is 0.321. The van der Waals surface area contributed by atoms with Crippen molar-refractivity contribution in [1.29, 1.82) is 0 Å². The highest BCUT2D eigenvalue weighted by atomic mass is 15.3. The molecule has 98 valence electrons. The van der Waals surface area contributed by atoms with Crippen molar-refractivity contribution in [2.24, 2.45) is 16.8 Å². The van der Waals surface area contributed by atoms with Crippen molar-refractivity contribution >= 4 is 11.6 Å².